The Hall–Kier alpha value is -3.59. The molecule has 0 unspecified atom stereocenters. The lowest BCUT2D eigenvalue weighted by Gasteiger charge is -2.28. The summed E-state index contributed by atoms with van der Waals surface area (Å²) in [6.45, 7) is 8.35. The van der Waals surface area contributed by atoms with Gasteiger partial charge in [0.15, 0.2) is 0 Å². The van der Waals surface area contributed by atoms with Gasteiger partial charge in [-0.25, -0.2) is 4.79 Å². The summed E-state index contributed by atoms with van der Waals surface area (Å²) in [5.74, 6) is -0.597. The Labute approximate surface area is 200 Å². The highest BCUT2D eigenvalue weighted by atomic mass is 16.6. The van der Waals surface area contributed by atoms with Crippen molar-refractivity contribution in [2.45, 2.75) is 26.4 Å². The molecule has 2 aromatic rings. The van der Waals surface area contributed by atoms with Crippen LogP contribution in [-0.2, 0) is 14.3 Å². The number of nitrogens with zero attached hydrogens (tertiary/aromatic N) is 2. The van der Waals surface area contributed by atoms with Crippen LogP contribution in [0.1, 0.15) is 31.1 Å². The zero-order chi connectivity index (χ0) is 24.7. The largest absolute Gasteiger partial charge is 0.444 e. The van der Waals surface area contributed by atoms with Crippen molar-refractivity contribution in [2.24, 2.45) is 0 Å². The normalized spacial score (nSPS) is 13.7. The molecule has 9 nitrogen and oxygen atoms in total. The number of carbonyl (C=O) groups is 3. The summed E-state index contributed by atoms with van der Waals surface area (Å²) < 4.78 is 10.6. The number of hydrogen-bond acceptors (Lipinski definition) is 6. The summed E-state index contributed by atoms with van der Waals surface area (Å²) in [5.41, 5.74) is 2.05. The van der Waals surface area contributed by atoms with E-state index in [1.54, 1.807) is 52.1 Å². The topological polar surface area (TPSA) is 100 Å². The summed E-state index contributed by atoms with van der Waals surface area (Å²) in [6.07, 6.45) is -0.571. The number of benzene rings is 2. The number of rotatable bonds is 6. The number of anilines is 3. The minimum Gasteiger partial charge on any atom is -0.444 e. The average Bonchev–Trinajstić information content (AvgIpc) is 2.79. The van der Waals surface area contributed by atoms with Gasteiger partial charge in [-0.1, -0.05) is 0 Å². The molecule has 2 N–H and O–H groups in total. The van der Waals surface area contributed by atoms with E-state index in [1.165, 1.54) is 4.90 Å². The number of nitrogens with one attached hydrogen (secondary N) is 2. The third kappa shape index (κ3) is 7.48. The third-order valence-electron chi connectivity index (χ3n) is 5.03. The van der Waals surface area contributed by atoms with E-state index < -0.39 is 11.7 Å². The standard InChI is InChI=1S/C25H32N4O5/c1-25(2,3)34-24(32)27-20-7-5-18(6-8-20)23(31)28(4)17-22(30)26-19-9-11-21(12-10-19)29-13-15-33-16-14-29/h5-12H,13-17H2,1-4H3,(H,26,30)(H,27,32). The SMILES string of the molecule is CN(CC(=O)Nc1ccc(N2CCOCC2)cc1)C(=O)c1ccc(NC(=O)OC(C)(C)C)cc1. The molecule has 1 heterocycles. The molecule has 182 valence electrons. The summed E-state index contributed by atoms with van der Waals surface area (Å²) in [4.78, 5) is 40.6. The molecule has 0 aliphatic carbocycles. The lowest BCUT2D eigenvalue weighted by atomic mass is 10.2. The van der Waals surface area contributed by atoms with Gasteiger partial charge in [-0.05, 0) is 69.3 Å². The Morgan fingerprint density at radius 1 is 0.941 bits per heavy atom. The van der Waals surface area contributed by atoms with E-state index in [0.717, 1.165) is 18.8 Å². The van der Waals surface area contributed by atoms with Crippen molar-refractivity contribution in [3.05, 3.63) is 54.1 Å². The maximum atomic E-state index is 12.7. The average molecular weight is 469 g/mol. The fraction of sp³-hybridized carbons (Fsp3) is 0.400. The minimum atomic E-state index is -0.603. The maximum Gasteiger partial charge on any atom is 0.412 e. The molecule has 0 aromatic heterocycles. The van der Waals surface area contributed by atoms with Crippen LogP contribution in [0.4, 0.5) is 21.9 Å². The van der Waals surface area contributed by atoms with Crippen LogP contribution in [0.5, 0.6) is 0 Å². The molecule has 9 heteroatoms. The van der Waals surface area contributed by atoms with Crippen molar-refractivity contribution in [3.8, 4) is 0 Å². The Morgan fingerprint density at radius 2 is 1.50 bits per heavy atom. The van der Waals surface area contributed by atoms with Gasteiger partial charge in [0, 0.05) is 42.8 Å². The molecule has 1 aliphatic rings. The predicted molar refractivity (Wildman–Crippen MR) is 131 cm³/mol. The van der Waals surface area contributed by atoms with Crippen molar-refractivity contribution in [2.75, 3.05) is 55.4 Å². The molecule has 1 fully saturated rings. The van der Waals surface area contributed by atoms with Gasteiger partial charge in [0.2, 0.25) is 5.91 Å². The van der Waals surface area contributed by atoms with Crippen LogP contribution in [0.3, 0.4) is 0 Å². The first-order chi connectivity index (χ1) is 16.1. The highest BCUT2D eigenvalue weighted by Gasteiger charge is 2.18. The summed E-state index contributed by atoms with van der Waals surface area (Å²) in [5, 5.41) is 5.44. The monoisotopic (exact) mass is 468 g/mol. The van der Waals surface area contributed by atoms with Crippen molar-refractivity contribution in [1.82, 2.24) is 4.90 Å². The number of carbonyl (C=O) groups excluding carboxylic acids is 3. The second kappa shape index (κ2) is 11.0. The quantitative estimate of drug-likeness (QED) is 0.672. The van der Waals surface area contributed by atoms with Crippen LogP contribution < -0.4 is 15.5 Å². The molecule has 0 atom stereocenters. The van der Waals surface area contributed by atoms with E-state index in [0.29, 0.717) is 30.2 Å². The highest BCUT2D eigenvalue weighted by Crippen LogP contribution is 2.19. The van der Waals surface area contributed by atoms with Crippen molar-refractivity contribution < 1.29 is 23.9 Å². The fourth-order valence-corrected chi connectivity index (χ4v) is 3.40. The molecule has 1 aliphatic heterocycles. The molecule has 0 spiro atoms. The maximum absolute atomic E-state index is 12.7. The first-order valence-corrected chi connectivity index (χ1v) is 11.2. The second-order valence-electron chi connectivity index (χ2n) is 9.06. The molecule has 3 rings (SSSR count). The summed E-state index contributed by atoms with van der Waals surface area (Å²) in [6, 6.07) is 14.0. The molecule has 0 saturated carbocycles. The molecule has 0 radical (unpaired) electrons. The lowest BCUT2D eigenvalue weighted by molar-refractivity contribution is -0.116. The Kier molecular flexibility index (Phi) is 8.12. The van der Waals surface area contributed by atoms with E-state index >= 15 is 0 Å². The van der Waals surface area contributed by atoms with Gasteiger partial charge in [-0.15, -0.1) is 0 Å². The molecule has 0 bridgehead atoms. The van der Waals surface area contributed by atoms with Crippen LogP contribution >= 0.6 is 0 Å². The molecule has 1 saturated heterocycles. The van der Waals surface area contributed by atoms with Crippen molar-refractivity contribution >= 4 is 35.0 Å². The Morgan fingerprint density at radius 3 is 2.09 bits per heavy atom. The van der Waals surface area contributed by atoms with Gasteiger partial charge in [-0.2, -0.15) is 0 Å². The summed E-state index contributed by atoms with van der Waals surface area (Å²) in [7, 11) is 1.57. The van der Waals surface area contributed by atoms with Crippen molar-refractivity contribution in [3.63, 3.8) is 0 Å². The van der Waals surface area contributed by atoms with Crippen LogP contribution in [0.15, 0.2) is 48.5 Å². The molecule has 3 amide bonds. The minimum absolute atomic E-state index is 0.0953. The molecule has 34 heavy (non-hydrogen) atoms. The molecule has 2 aromatic carbocycles. The summed E-state index contributed by atoms with van der Waals surface area (Å²) >= 11 is 0. The predicted octanol–water partition coefficient (Wildman–Crippen LogP) is 3.58. The van der Waals surface area contributed by atoms with Gasteiger partial charge in [0.1, 0.15) is 5.60 Å². The van der Waals surface area contributed by atoms with Crippen molar-refractivity contribution in [1.29, 1.82) is 0 Å². The second-order valence-corrected chi connectivity index (χ2v) is 9.06. The zero-order valence-electron chi connectivity index (χ0n) is 20.1. The number of likely N-dealkylation sites (N-methyl/N-ethyl adjacent to an activating group) is 1. The van der Waals surface area contributed by atoms with E-state index in [-0.39, 0.29) is 18.4 Å². The van der Waals surface area contributed by atoms with Crippen LogP contribution in [0.25, 0.3) is 0 Å². The highest BCUT2D eigenvalue weighted by molar-refractivity contribution is 5.99. The van der Waals surface area contributed by atoms with E-state index in [2.05, 4.69) is 15.5 Å². The van der Waals surface area contributed by atoms with Crippen LogP contribution in [0.2, 0.25) is 0 Å². The number of hydrogen-bond donors (Lipinski definition) is 2. The first kappa shape index (κ1) is 25.0. The molecular formula is C25H32N4O5. The fourth-order valence-electron chi connectivity index (χ4n) is 3.40. The van der Waals surface area contributed by atoms with Gasteiger partial charge in [-0.3, -0.25) is 14.9 Å². The van der Waals surface area contributed by atoms with E-state index in [1.807, 2.05) is 24.3 Å². The molecular weight excluding hydrogens is 436 g/mol. The van der Waals surface area contributed by atoms with E-state index in [4.69, 9.17) is 9.47 Å². The Balaban J connectivity index is 1.49. The van der Waals surface area contributed by atoms with Crippen LogP contribution in [-0.4, -0.2) is 68.3 Å². The van der Waals surface area contributed by atoms with Gasteiger partial charge in [0.05, 0.1) is 19.8 Å². The third-order valence-corrected chi connectivity index (χ3v) is 5.03. The zero-order valence-corrected chi connectivity index (χ0v) is 20.1. The first-order valence-electron chi connectivity index (χ1n) is 11.2. The smallest absolute Gasteiger partial charge is 0.412 e. The van der Waals surface area contributed by atoms with Gasteiger partial charge in [0.25, 0.3) is 5.91 Å². The van der Waals surface area contributed by atoms with Gasteiger partial charge >= 0.3 is 6.09 Å². The lowest BCUT2D eigenvalue weighted by Crippen LogP contribution is -2.36. The Bertz CT molecular complexity index is 993. The van der Waals surface area contributed by atoms with Gasteiger partial charge < -0.3 is 24.6 Å². The number of ether oxygens (including phenoxy) is 2. The number of amides is 3. The van der Waals surface area contributed by atoms with E-state index in [9.17, 15) is 14.4 Å². The van der Waals surface area contributed by atoms with Crippen LogP contribution in [0, 0.1) is 0 Å². The number of morpholine rings is 1.